The van der Waals surface area contributed by atoms with E-state index in [0.29, 0.717) is 4.88 Å². The Balaban J connectivity index is 0.00000162. The lowest BCUT2D eigenvalue weighted by molar-refractivity contribution is -0.137. The van der Waals surface area contributed by atoms with Gasteiger partial charge in [0.15, 0.2) is 0 Å². The first-order valence-electron chi connectivity index (χ1n) is 5.08. The third-order valence-electron chi connectivity index (χ3n) is 2.12. The van der Waals surface area contributed by atoms with E-state index in [2.05, 4.69) is 0 Å². The van der Waals surface area contributed by atoms with E-state index in [9.17, 15) is 9.59 Å². The fourth-order valence-electron chi connectivity index (χ4n) is 1.35. The molecule has 2 aromatic rings. The fourth-order valence-corrected chi connectivity index (χ4v) is 1.95. The molecule has 0 atom stereocenters. The van der Waals surface area contributed by atoms with E-state index >= 15 is 0 Å². The molecule has 1 aromatic heterocycles. The molecule has 0 aliphatic carbocycles. The molecular weight excluding hydrogens is 272 g/mol. The molecule has 1 aromatic carbocycles. The van der Waals surface area contributed by atoms with Crippen molar-refractivity contribution in [3.63, 3.8) is 0 Å². The topological polar surface area (TPSA) is 43.4 Å². The van der Waals surface area contributed by atoms with Gasteiger partial charge in [0.25, 0.3) is 0 Å². The van der Waals surface area contributed by atoms with Gasteiger partial charge in [-0.1, -0.05) is 36.4 Å². The van der Waals surface area contributed by atoms with E-state index < -0.39 is 11.9 Å². The SMILES string of the molecule is Cl.O=C(Cc1ccccc1)OC(=O)c1cccs1. The van der Waals surface area contributed by atoms with Crippen LogP contribution in [0.4, 0.5) is 0 Å². The smallest absolute Gasteiger partial charge is 0.355 e. The van der Waals surface area contributed by atoms with Gasteiger partial charge in [-0.3, -0.25) is 4.79 Å². The number of rotatable bonds is 3. The number of thiophene rings is 1. The molecule has 0 amide bonds. The van der Waals surface area contributed by atoms with Gasteiger partial charge in [-0.15, -0.1) is 23.7 Å². The first-order valence-corrected chi connectivity index (χ1v) is 5.96. The Bertz CT molecular complexity index is 508. The maximum atomic E-state index is 11.5. The third-order valence-corrected chi connectivity index (χ3v) is 2.97. The van der Waals surface area contributed by atoms with Gasteiger partial charge in [0.1, 0.15) is 4.88 Å². The molecule has 0 aliphatic heterocycles. The molecule has 0 spiro atoms. The van der Waals surface area contributed by atoms with Crippen molar-refractivity contribution in [2.45, 2.75) is 6.42 Å². The number of halogens is 1. The van der Waals surface area contributed by atoms with Crippen molar-refractivity contribution in [2.24, 2.45) is 0 Å². The van der Waals surface area contributed by atoms with Crippen molar-refractivity contribution in [1.29, 1.82) is 0 Å². The molecule has 0 N–H and O–H groups in total. The Morgan fingerprint density at radius 1 is 1.06 bits per heavy atom. The van der Waals surface area contributed by atoms with Crippen molar-refractivity contribution in [1.82, 2.24) is 0 Å². The highest BCUT2D eigenvalue weighted by Crippen LogP contribution is 2.10. The minimum absolute atomic E-state index is 0. The fraction of sp³-hybridized carbons (Fsp3) is 0.0769. The molecule has 1 heterocycles. The van der Waals surface area contributed by atoms with Gasteiger partial charge in [0, 0.05) is 0 Å². The summed E-state index contributed by atoms with van der Waals surface area (Å²) in [6.45, 7) is 0. The minimum Gasteiger partial charge on any atom is -0.389 e. The van der Waals surface area contributed by atoms with Crippen molar-refractivity contribution < 1.29 is 14.3 Å². The summed E-state index contributed by atoms with van der Waals surface area (Å²) in [5, 5.41) is 1.76. The van der Waals surface area contributed by atoms with E-state index in [1.165, 1.54) is 11.3 Å². The van der Waals surface area contributed by atoms with E-state index in [-0.39, 0.29) is 18.8 Å². The Kier molecular flexibility index (Phi) is 5.55. The summed E-state index contributed by atoms with van der Waals surface area (Å²) < 4.78 is 4.73. The van der Waals surface area contributed by atoms with Gasteiger partial charge in [-0.25, -0.2) is 4.79 Å². The monoisotopic (exact) mass is 282 g/mol. The standard InChI is InChI=1S/C13H10O3S.ClH/c14-12(9-10-5-2-1-3-6-10)16-13(15)11-7-4-8-17-11;/h1-8H,9H2;1H. The van der Waals surface area contributed by atoms with Gasteiger partial charge in [-0.2, -0.15) is 0 Å². The number of carbonyl (C=O) groups is 2. The van der Waals surface area contributed by atoms with Crippen LogP contribution < -0.4 is 0 Å². The van der Waals surface area contributed by atoms with E-state index in [1.807, 2.05) is 30.3 Å². The summed E-state index contributed by atoms with van der Waals surface area (Å²) in [7, 11) is 0. The summed E-state index contributed by atoms with van der Waals surface area (Å²) in [5.41, 5.74) is 0.830. The quantitative estimate of drug-likeness (QED) is 0.642. The number of benzene rings is 1. The third kappa shape index (κ3) is 3.98. The zero-order valence-electron chi connectivity index (χ0n) is 9.37. The number of hydrogen-bond acceptors (Lipinski definition) is 4. The number of carbonyl (C=O) groups excluding carboxylic acids is 2. The molecule has 94 valence electrons. The molecule has 0 fully saturated rings. The molecule has 0 saturated carbocycles. The van der Waals surface area contributed by atoms with Gasteiger partial charge in [-0.05, 0) is 17.0 Å². The molecule has 18 heavy (non-hydrogen) atoms. The summed E-state index contributed by atoms with van der Waals surface area (Å²) in [6.07, 6.45) is 0.109. The largest absolute Gasteiger partial charge is 0.389 e. The van der Waals surface area contributed by atoms with E-state index in [1.54, 1.807) is 17.5 Å². The van der Waals surface area contributed by atoms with Crippen LogP contribution >= 0.6 is 23.7 Å². The van der Waals surface area contributed by atoms with Crippen LogP contribution in [0.25, 0.3) is 0 Å². The van der Waals surface area contributed by atoms with Gasteiger partial charge in [0.2, 0.25) is 0 Å². The van der Waals surface area contributed by atoms with Crippen LogP contribution in [0.15, 0.2) is 47.8 Å². The summed E-state index contributed by atoms with van der Waals surface area (Å²) in [4.78, 5) is 23.4. The predicted octanol–water partition coefficient (Wildman–Crippen LogP) is 3.10. The normalized spacial score (nSPS) is 9.33. The Morgan fingerprint density at radius 2 is 1.78 bits per heavy atom. The molecule has 0 unspecified atom stereocenters. The van der Waals surface area contributed by atoms with Crippen LogP contribution in [0, 0.1) is 0 Å². The maximum Gasteiger partial charge on any atom is 0.355 e. The molecule has 0 bridgehead atoms. The zero-order valence-corrected chi connectivity index (χ0v) is 11.0. The number of esters is 2. The van der Waals surface area contributed by atoms with Crippen molar-refractivity contribution in [3.05, 3.63) is 58.3 Å². The molecule has 3 nitrogen and oxygen atoms in total. The minimum atomic E-state index is -0.582. The van der Waals surface area contributed by atoms with Crippen LogP contribution in [0.3, 0.4) is 0 Å². The van der Waals surface area contributed by atoms with Crippen molar-refractivity contribution in [2.75, 3.05) is 0 Å². The summed E-state index contributed by atoms with van der Waals surface area (Å²) in [5.74, 6) is -1.12. The van der Waals surface area contributed by atoms with Gasteiger partial charge >= 0.3 is 11.9 Å². The van der Waals surface area contributed by atoms with Crippen molar-refractivity contribution >= 4 is 35.7 Å². The predicted molar refractivity (Wildman–Crippen MR) is 72.1 cm³/mol. The summed E-state index contributed by atoms with van der Waals surface area (Å²) >= 11 is 1.25. The summed E-state index contributed by atoms with van der Waals surface area (Å²) in [6, 6.07) is 12.5. The lowest BCUT2D eigenvalue weighted by Gasteiger charge is -2.01. The van der Waals surface area contributed by atoms with Crippen LogP contribution in [-0.2, 0) is 16.0 Å². The Labute approximate surface area is 115 Å². The molecule has 0 radical (unpaired) electrons. The highest BCUT2D eigenvalue weighted by atomic mass is 35.5. The van der Waals surface area contributed by atoms with E-state index in [0.717, 1.165) is 5.56 Å². The first kappa shape index (κ1) is 14.4. The first-order chi connectivity index (χ1) is 8.25. The second-order valence-corrected chi connectivity index (χ2v) is 4.35. The highest BCUT2D eigenvalue weighted by Gasteiger charge is 2.13. The molecule has 5 heteroatoms. The average Bonchev–Trinajstić information content (AvgIpc) is 2.83. The second kappa shape index (κ2) is 6.93. The van der Waals surface area contributed by atoms with Gasteiger partial charge < -0.3 is 4.74 Å². The van der Waals surface area contributed by atoms with E-state index in [4.69, 9.17) is 4.74 Å². The maximum absolute atomic E-state index is 11.5. The highest BCUT2D eigenvalue weighted by molar-refractivity contribution is 7.12. The van der Waals surface area contributed by atoms with Crippen LogP contribution in [0.5, 0.6) is 0 Å². The Morgan fingerprint density at radius 3 is 2.39 bits per heavy atom. The molecule has 0 saturated heterocycles. The van der Waals surface area contributed by atoms with Crippen LogP contribution in [-0.4, -0.2) is 11.9 Å². The average molecular weight is 283 g/mol. The zero-order chi connectivity index (χ0) is 12.1. The lowest BCUT2D eigenvalue weighted by Crippen LogP contribution is -2.13. The molecular formula is C13H11ClO3S. The number of hydrogen-bond donors (Lipinski definition) is 0. The molecule has 2 rings (SSSR count). The second-order valence-electron chi connectivity index (χ2n) is 3.40. The molecule has 0 aliphatic rings. The lowest BCUT2D eigenvalue weighted by atomic mass is 10.2. The Hall–Kier alpha value is -1.65. The number of ether oxygens (including phenoxy) is 1. The van der Waals surface area contributed by atoms with Crippen LogP contribution in [0.1, 0.15) is 15.2 Å². The van der Waals surface area contributed by atoms with Crippen LogP contribution in [0.2, 0.25) is 0 Å². The van der Waals surface area contributed by atoms with Crippen molar-refractivity contribution in [3.8, 4) is 0 Å². The van der Waals surface area contributed by atoms with Gasteiger partial charge in [0.05, 0.1) is 6.42 Å².